The highest BCUT2D eigenvalue weighted by molar-refractivity contribution is 6.22. The Morgan fingerprint density at radius 1 is 0.882 bits per heavy atom. The van der Waals surface area contributed by atoms with E-state index in [-0.39, 0.29) is 23.5 Å². The van der Waals surface area contributed by atoms with E-state index in [1.807, 2.05) is 30.3 Å². The number of benzene rings is 2. The van der Waals surface area contributed by atoms with Crippen molar-refractivity contribution in [2.24, 2.45) is 0 Å². The highest BCUT2D eigenvalue weighted by atomic mass is 16.5. The normalized spacial score (nSPS) is 17.9. The van der Waals surface area contributed by atoms with Crippen LogP contribution in [-0.4, -0.2) is 83.3 Å². The van der Waals surface area contributed by atoms with Crippen molar-refractivity contribution in [2.45, 2.75) is 32.4 Å². The summed E-state index contributed by atoms with van der Waals surface area (Å²) in [6.07, 6.45) is -0.921. The maximum Gasteiger partial charge on any atom is 0.330 e. The van der Waals surface area contributed by atoms with Gasteiger partial charge in [-0.3, -0.25) is 19.3 Å². The Bertz CT molecular complexity index is 1040. The summed E-state index contributed by atoms with van der Waals surface area (Å²) in [7, 11) is 0. The summed E-state index contributed by atoms with van der Waals surface area (Å²) < 4.78 is 5.57. The average Bonchev–Trinajstić information content (AvgIpc) is 3.12. The molecule has 2 aromatic carbocycles. The molecule has 2 aliphatic rings. The predicted octanol–water partition coefficient (Wildman–Crippen LogP) is 1.99. The summed E-state index contributed by atoms with van der Waals surface area (Å²) >= 11 is 0. The zero-order valence-corrected chi connectivity index (χ0v) is 19.5. The van der Waals surface area contributed by atoms with E-state index < -0.39 is 29.9 Å². The Morgan fingerprint density at radius 2 is 1.44 bits per heavy atom. The second-order valence-corrected chi connectivity index (χ2v) is 8.57. The molecule has 2 aromatic rings. The van der Waals surface area contributed by atoms with Gasteiger partial charge in [-0.2, -0.15) is 0 Å². The van der Waals surface area contributed by atoms with Crippen LogP contribution in [0.5, 0.6) is 0 Å². The van der Waals surface area contributed by atoms with Crippen LogP contribution in [0.4, 0.5) is 0 Å². The number of fused-ring (bicyclic) bond motifs is 1. The number of ether oxygens (including phenoxy) is 1. The zero-order chi connectivity index (χ0) is 24.2. The summed E-state index contributed by atoms with van der Waals surface area (Å²) in [5.41, 5.74) is 1.29. The summed E-state index contributed by atoms with van der Waals surface area (Å²) in [6.45, 7) is 7.22. The van der Waals surface area contributed by atoms with Crippen LogP contribution in [0.25, 0.3) is 0 Å². The molecule has 1 saturated heterocycles. The molecule has 0 spiro atoms. The molecule has 0 bridgehead atoms. The van der Waals surface area contributed by atoms with Crippen molar-refractivity contribution in [1.29, 1.82) is 0 Å². The number of piperazine rings is 1. The van der Waals surface area contributed by atoms with Crippen LogP contribution in [0, 0.1) is 0 Å². The number of amides is 3. The topological polar surface area (TPSA) is 87.2 Å². The van der Waals surface area contributed by atoms with E-state index in [9.17, 15) is 19.2 Å². The van der Waals surface area contributed by atoms with Crippen LogP contribution >= 0.6 is 0 Å². The first-order valence-corrected chi connectivity index (χ1v) is 11.6. The minimum absolute atomic E-state index is 0.0984. The second kappa shape index (κ2) is 10.2. The van der Waals surface area contributed by atoms with Crippen LogP contribution in [0.3, 0.4) is 0 Å². The number of imide groups is 1. The molecule has 4 rings (SSSR count). The molecule has 0 unspecified atom stereocenters. The molecule has 3 amide bonds. The number of carbonyl (C=O) groups is 4. The smallest absolute Gasteiger partial charge is 0.330 e. The number of hydrogen-bond donors (Lipinski definition) is 0. The van der Waals surface area contributed by atoms with Gasteiger partial charge in [0, 0.05) is 32.6 Å². The fourth-order valence-corrected chi connectivity index (χ4v) is 4.45. The number of rotatable bonds is 7. The molecule has 1 fully saturated rings. The highest BCUT2D eigenvalue weighted by Crippen LogP contribution is 2.27. The van der Waals surface area contributed by atoms with Crippen LogP contribution in [0.1, 0.15) is 40.1 Å². The van der Waals surface area contributed by atoms with Crippen LogP contribution in [0.2, 0.25) is 0 Å². The third kappa shape index (κ3) is 4.72. The molecule has 2 aliphatic heterocycles. The number of hydrogen-bond acceptors (Lipinski definition) is 6. The number of esters is 1. The van der Waals surface area contributed by atoms with E-state index in [0.29, 0.717) is 13.1 Å². The van der Waals surface area contributed by atoms with Crippen molar-refractivity contribution in [3.63, 3.8) is 0 Å². The summed E-state index contributed by atoms with van der Waals surface area (Å²) in [5.74, 6) is -2.11. The Hall–Kier alpha value is -3.52. The molecule has 8 nitrogen and oxygen atoms in total. The molecular weight excluding hydrogens is 434 g/mol. The second-order valence-electron chi connectivity index (χ2n) is 8.57. The van der Waals surface area contributed by atoms with E-state index in [2.05, 4.69) is 11.8 Å². The summed E-state index contributed by atoms with van der Waals surface area (Å²) in [4.78, 5) is 57.3. The van der Waals surface area contributed by atoms with Gasteiger partial charge in [0.15, 0.2) is 6.10 Å². The van der Waals surface area contributed by atoms with Crippen molar-refractivity contribution in [3.8, 4) is 0 Å². The van der Waals surface area contributed by atoms with Gasteiger partial charge in [-0.05, 0) is 31.2 Å². The van der Waals surface area contributed by atoms with E-state index in [0.717, 1.165) is 30.1 Å². The summed E-state index contributed by atoms with van der Waals surface area (Å²) in [6, 6.07) is 14.4. The molecule has 2 atom stereocenters. The first kappa shape index (κ1) is 23.6. The Balaban J connectivity index is 1.52. The minimum Gasteiger partial charge on any atom is -0.451 e. The maximum absolute atomic E-state index is 13.3. The largest absolute Gasteiger partial charge is 0.451 e. The van der Waals surface area contributed by atoms with Crippen molar-refractivity contribution in [3.05, 3.63) is 71.3 Å². The van der Waals surface area contributed by atoms with Crippen molar-refractivity contribution in [2.75, 3.05) is 32.7 Å². The zero-order valence-electron chi connectivity index (χ0n) is 19.5. The first-order valence-electron chi connectivity index (χ1n) is 11.6. The molecule has 0 aliphatic carbocycles. The summed E-state index contributed by atoms with van der Waals surface area (Å²) in [5, 5.41) is 0. The monoisotopic (exact) mass is 463 g/mol. The van der Waals surface area contributed by atoms with Crippen LogP contribution in [-0.2, 0) is 20.7 Å². The molecular formula is C26H29N3O5. The number of nitrogens with zero attached hydrogens (tertiary/aromatic N) is 3. The molecule has 2 heterocycles. The molecule has 8 heteroatoms. The van der Waals surface area contributed by atoms with Gasteiger partial charge in [0.1, 0.15) is 6.04 Å². The van der Waals surface area contributed by atoms with Crippen LogP contribution in [0.15, 0.2) is 54.6 Å². The average molecular weight is 464 g/mol. The predicted molar refractivity (Wildman–Crippen MR) is 125 cm³/mol. The Morgan fingerprint density at radius 3 is 2.00 bits per heavy atom. The molecule has 178 valence electrons. The quantitative estimate of drug-likeness (QED) is 0.461. The van der Waals surface area contributed by atoms with Gasteiger partial charge in [-0.1, -0.05) is 49.4 Å². The van der Waals surface area contributed by atoms with Gasteiger partial charge < -0.3 is 14.5 Å². The fraction of sp³-hybridized carbons (Fsp3) is 0.385. The molecule has 0 aromatic heterocycles. The van der Waals surface area contributed by atoms with Crippen LogP contribution < -0.4 is 0 Å². The van der Waals surface area contributed by atoms with Gasteiger partial charge in [0.25, 0.3) is 17.7 Å². The number of likely N-dealkylation sites (N-methyl/N-ethyl adjacent to an activating group) is 1. The van der Waals surface area contributed by atoms with E-state index in [4.69, 9.17) is 4.74 Å². The standard InChI is InChI=1S/C26H29N3O5/c1-3-27-13-15-28(16-14-27)23(30)18(2)34-26(33)22(17-19-9-5-4-6-10-19)29-24(31)20-11-7-8-12-21(20)25(29)32/h4-12,18,22H,3,13-17H2,1-2H3/t18-,22-/m1/s1. The van der Waals surface area contributed by atoms with Crippen molar-refractivity contribution in [1.82, 2.24) is 14.7 Å². The van der Waals surface area contributed by atoms with Gasteiger partial charge in [-0.15, -0.1) is 0 Å². The number of carbonyl (C=O) groups excluding carboxylic acids is 4. The Labute approximate surface area is 199 Å². The fourth-order valence-electron chi connectivity index (χ4n) is 4.45. The maximum atomic E-state index is 13.3. The van der Waals surface area contributed by atoms with Gasteiger partial charge in [0.05, 0.1) is 11.1 Å². The molecule has 0 saturated carbocycles. The lowest BCUT2D eigenvalue weighted by molar-refractivity contribution is -0.162. The van der Waals surface area contributed by atoms with E-state index in [1.54, 1.807) is 29.2 Å². The van der Waals surface area contributed by atoms with Gasteiger partial charge >= 0.3 is 5.97 Å². The SMILES string of the molecule is CCN1CCN(C(=O)[C@@H](C)OC(=O)[C@@H](Cc2ccccc2)N2C(=O)c3ccccc3C2=O)CC1. The Kier molecular flexibility index (Phi) is 7.07. The lowest BCUT2D eigenvalue weighted by Gasteiger charge is -2.35. The lowest BCUT2D eigenvalue weighted by Crippen LogP contribution is -2.53. The minimum atomic E-state index is -1.18. The van der Waals surface area contributed by atoms with E-state index in [1.165, 1.54) is 6.92 Å². The third-order valence-electron chi connectivity index (χ3n) is 6.45. The third-order valence-corrected chi connectivity index (χ3v) is 6.45. The van der Waals surface area contributed by atoms with E-state index >= 15 is 0 Å². The van der Waals surface area contributed by atoms with Gasteiger partial charge in [0.2, 0.25) is 0 Å². The lowest BCUT2D eigenvalue weighted by atomic mass is 10.0. The first-order chi connectivity index (χ1) is 16.4. The van der Waals surface area contributed by atoms with Gasteiger partial charge in [-0.25, -0.2) is 4.79 Å². The molecule has 34 heavy (non-hydrogen) atoms. The van der Waals surface area contributed by atoms with Crippen molar-refractivity contribution < 1.29 is 23.9 Å². The molecule has 0 N–H and O–H groups in total. The highest BCUT2D eigenvalue weighted by Gasteiger charge is 2.44. The molecule has 0 radical (unpaired) electrons. The van der Waals surface area contributed by atoms with Crippen molar-refractivity contribution >= 4 is 23.7 Å².